The van der Waals surface area contributed by atoms with Crippen molar-refractivity contribution in [2.45, 2.75) is 26.8 Å². The second-order valence-electron chi connectivity index (χ2n) is 9.11. The Morgan fingerprint density at radius 1 is 1.08 bits per heavy atom. The number of aryl methyl sites for hydroxylation is 2. The normalized spacial score (nSPS) is 15.5. The van der Waals surface area contributed by atoms with Gasteiger partial charge in [0.15, 0.2) is 11.5 Å². The Bertz CT molecular complexity index is 1630. The highest BCUT2D eigenvalue weighted by Gasteiger charge is 2.20. The lowest BCUT2D eigenvalue weighted by molar-refractivity contribution is 0.472. The van der Waals surface area contributed by atoms with Gasteiger partial charge in [0.2, 0.25) is 5.95 Å². The van der Waals surface area contributed by atoms with E-state index in [2.05, 4.69) is 47.5 Å². The second kappa shape index (κ2) is 10.3. The molecule has 1 saturated heterocycles. The molecule has 38 heavy (non-hydrogen) atoms. The van der Waals surface area contributed by atoms with Crippen LogP contribution in [0.15, 0.2) is 43.1 Å². The van der Waals surface area contributed by atoms with Crippen molar-refractivity contribution >= 4 is 46.5 Å². The number of fused-ring (bicyclic) bond motifs is 2. The summed E-state index contributed by atoms with van der Waals surface area (Å²) in [6, 6.07) is 6.95. The Hall–Kier alpha value is -4.16. The van der Waals surface area contributed by atoms with E-state index in [9.17, 15) is 0 Å². The highest BCUT2D eigenvalue weighted by molar-refractivity contribution is 5.87. The van der Waals surface area contributed by atoms with E-state index in [4.69, 9.17) is 9.72 Å². The number of ether oxygens (including phenoxy) is 1. The zero-order chi connectivity index (χ0) is 25.5. The molecule has 0 radical (unpaired) electrons. The van der Waals surface area contributed by atoms with Gasteiger partial charge < -0.3 is 20.3 Å². The first-order chi connectivity index (χ1) is 17.9. The van der Waals surface area contributed by atoms with Crippen LogP contribution in [-0.4, -0.2) is 60.2 Å². The number of hydrogen-bond acceptors (Lipinski definition) is 10. The molecular formula is C25H26ClFN10O. The topological polar surface area (TPSA) is 118 Å². The second-order valence-corrected chi connectivity index (χ2v) is 9.11. The van der Waals surface area contributed by atoms with Crippen LogP contribution in [0.5, 0.6) is 11.5 Å². The lowest BCUT2D eigenvalue weighted by Gasteiger charge is -2.31. The molecule has 1 aromatic carbocycles. The highest BCUT2D eigenvalue weighted by atomic mass is 35.5. The van der Waals surface area contributed by atoms with Gasteiger partial charge in [0, 0.05) is 49.6 Å². The smallest absolute Gasteiger partial charge is 0.226 e. The van der Waals surface area contributed by atoms with Crippen molar-refractivity contribution in [3.8, 4) is 11.5 Å². The molecule has 0 unspecified atom stereocenters. The summed E-state index contributed by atoms with van der Waals surface area (Å²) in [5, 5.41) is 10.7. The number of pyridine rings is 1. The van der Waals surface area contributed by atoms with E-state index in [0.717, 1.165) is 30.9 Å². The van der Waals surface area contributed by atoms with Gasteiger partial charge in [-0.2, -0.15) is 5.10 Å². The number of anilines is 3. The van der Waals surface area contributed by atoms with Gasteiger partial charge >= 0.3 is 0 Å². The zero-order valence-corrected chi connectivity index (χ0v) is 21.8. The van der Waals surface area contributed by atoms with Crippen molar-refractivity contribution in [1.29, 1.82) is 0 Å². The summed E-state index contributed by atoms with van der Waals surface area (Å²) in [4.78, 5) is 24.2. The quantitative estimate of drug-likeness (QED) is 0.341. The highest BCUT2D eigenvalue weighted by Crippen LogP contribution is 2.32. The van der Waals surface area contributed by atoms with Gasteiger partial charge in [0.25, 0.3) is 0 Å². The van der Waals surface area contributed by atoms with Crippen molar-refractivity contribution in [2.24, 2.45) is 0 Å². The maximum absolute atomic E-state index is 15.3. The molecular weight excluding hydrogens is 511 g/mol. The fraction of sp³-hybridized carbons (Fsp3) is 0.280. The summed E-state index contributed by atoms with van der Waals surface area (Å²) >= 11 is 0. The summed E-state index contributed by atoms with van der Waals surface area (Å²) in [6.45, 7) is 8.32. The molecule has 1 aliphatic rings. The standard InChI is InChI=1S/C25H25FN10O.ClH/c1-14-6-19(18(26)9-21(14)37-17-7-16(3)36-22(8-17)30-13-32-36)33-24-23-20(29-12-31-24)10-28-25(34-23)35-5-4-27-15(2)11-35;/h6-10,12-13,15,27H,4-5,11H2,1-3H3,(H,29,31,33);1H/t15-;/m1./s1. The number of nitrogens with one attached hydrogen (secondary N) is 2. The minimum absolute atomic E-state index is 0. The Morgan fingerprint density at radius 2 is 1.95 bits per heavy atom. The van der Waals surface area contributed by atoms with E-state index in [1.807, 2.05) is 19.9 Å². The third kappa shape index (κ3) is 4.87. The van der Waals surface area contributed by atoms with Gasteiger partial charge in [-0.1, -0.05) is 0 Å². The number of rotatable bonds is 5. The molecule has 2 N–H and O–H groups in total. The Labute approximate surface area is 223 Å². The van der Waals surface area contributed by atoms with Crippen molar-refractivity contribution in [3.05, 3.63) is 60.2 Å². The average molecular weight is 537 g/mol. The van der Waals surface area contributed by atoms with Gasteiger partial charge in [-0.25, -0.2) is 33.8 Å². The van der Waals surface area contributed by atoms with Crippen molar-refractivity contribution in [3.63, 3.8) is 0 Å². The molecule has 13 heteroatoms. The maximum atomic E-state index is 15.3. The Balaban J connectivity index is 0.00000294. The molecule has 1 atom stereocenters. The maximum Gasteiger partial charge on any atom is 0.226 e. The summed E-state index contributed by atoms with van der Waals surface area (Å²) in [5.74, 6) is 1.46. The van der Waals surface area contributed by atoms with E-state index in [0.29, 0.717) is 46.0 Å². The Morgan fingerprint density at radius 3 is 2.79 bits per heavy atom. The van der Waals surface area contributed by atoms with E-state index in [-0.39, 0.29) is 18.1 Å². The van der Waals surface area contributed by atoms with E-state index in [1.165, 1.54) is 18.7 Å². The van der Waals surface area contributed by atoms with Gasteiger partial charge in [0.05, 0.1) is 11.9 Å². The molecule has 5 heterocycles. The molecule has 5 aromatic rings. The van der Waals surface area contributed by atoms with E-state index in [1.54, 1.807) is 22.8 Å². The van der Waals surface area contributed by atoms with Crippen molar-refractivity contribution in [1.82, 2.24) is 39.9 Å². The first-order valence-electron chi connectivity index (χ1n) is 12.0. The Kier molecular flexibility index (Phi) is 6.91. The lowest BCUT2D eigenvalue weighted by atomic mass is 10.2. The van der Waals surface area contributed by atoms with Crippen LogP contribution in [0.1, 0.15) is 18.2 Å². The minimum Gasteiger partial charge on any atom is -0.457 e. The number of nitrogens with zero attached hydrogens (tertiary/aromatic N) is 8. The number of hydrogen-bond donors (Lipinski definition) is 2. The lowest BCUT2D eigenvalue weighted by Crippen LogP contribution is -2.49. The van der Waals surface area contributed by atoms with Crippen LogP contribution in [0, 0.1) is 19.7 Å². The van der Waals surface area contributed by atoms with Crippen LogP contribution in [0.25, 0.3) is 16.7 Å². The predicted octanol–water partition coefficient (Wildman–Crippen LogP) is 3.97. The van der Waals surface area contributed by atoms with Crippen LogP contribution >= 0.6 is 12.4 Å². The fourth-order valence-corrected chi connectivity index (χ4v) is 4.44. The summed E-state index contributed by atoms with van der Waals surface area (Å²) in [7, 11) is 0. The molecule has 6 rings (SSSR count). The van der Waals surface area contributed by atoms with Crippen molar-refractivity contribution < 1.29 is 9.13 Å². The summed E-state index contributed by atoms with van der Waals surface area (Å²) in [5.41, 5.74) is 3.59. The summed E-state index contributed by atoms with van der Waals surface area (Å²) in [6.07, 6.45) is 4.56. The van der Waals surface area contributed by atoms with E-state index >= 15 is 4.39 Å². The number of benzene rings is 1. The fourth-order valence-electron chi connectivity index (χ4n) is 4.44. The first kappa shape index (κ1) is 25.5. The van der Waals surface area contributed by atoms with E-state index < -0.39 is 5.82 Å². The predicted molar refractivity (Wildman–Crippen MR) is 144 cm³/mol. The molecule has 0 bridgehead atoms. The number of halogens is 2. The minimum atomic E-state index is -0.488. The van der Waals surface area contributed by atoms with Crippen LogP contribution < -0.4 is 20.3 Å². The van der Waals surface area contributed by atoms with Crippen LogP contribution in [-0.2, 0) is 0 Å². The molecule has 1 aliphatic heterocycles. The van der Waals surface area contributed by atoms with Gasteiger partial charge in [-0.05, 0) is 32.4 Å². The van der Waals surface area contributed by atoms with Crippen molar-refractivity contribution in [2.75, 3.05) is 29.9 Å². The average Bonchev–Trinajstić information content (AvgIpc) is 3.36. The summed E-state index contributed by atoms with van der Waals surface area (Å²) < 4.78 is 23.0. The van der Waals surface area contributed by atoms with Gasteiger partial charge in [-0.15, -0.1) is 12.4 Å². The van der Waals surface area contributed by atoms with Crippen LogP contribution in [0.4, 0.5) is 21.8 Å². The van der Waals surface area contributed by atoms with Gasteiger partial charge in [0.1, 0.15) is 41.0 Å². The molecule has 0 spiro atoms. The zero-order valence-electron chi connectivity index (χ0n) is 21.0. The third-order valence-corrected chi connectivity index (χ3v) is 6.29. The molecule has 1 fully saturated rings. The molecule has 0 saturated carbocycles. The monoisotopic (exact) mass is 536 g/mol. The molecule has 11 nitrogen and oxygen atoms in total. The largest absolute Gasteiger partial charge is 0.457 e. The van der Waals surface area contributed by atoms with Crippen LogP contribution in [0.3, 0.4) is 0 Å². The molecule has 0 aliphatic carbocycles. The third-order valence-electron chi connectivity index (χ3n) is 6.29. The SMILES string of the molecule is Cc1cc(Nc2ncnc3cnc(N4CCN[C@H](C)C4)nc23)c(F)cc1Oc1cc(C)n2ncnc2c1.Cl. The number of aromatic nitrogens is 7. The first-order valence-corrected chi connectivity index (χ1v) is 12.0. The molecule has 0 amide bonds. The molecule has 4 aromatic heterocycles. The van der Waals surface area contributed by atoms with Crippen LogP contribution in [0.2, 0.25) is 0 Å². The number of piperazine rings is 1. The molecule has 196 valence electrons. The van der Waals surface area contributed by atoms with Gasteiger partial charge in [-0.3, -0.25) is 0 Å².